The molecule has 0 aliphatic carbocycles. The molecule has 2 amide bonds. The van der Waals surface area contributed by atoms with Gasteiger partial charge in [-0.15, -0.1) is 0 Å². The average Bonchev–Trinajstić information content (AvgIpc) is 2.49. The molecule has 2 N–H and O–H groups in total. The molecule has 120 valence electrons. The van der Waals surface area contributed by atoms with Crippen molar-refractivity contribution in [1.82, 2.24) is 4.90 Å². The highest BCUT2D eigenvalue weighted by Gasteiger charge is 2.31. The molecule has 0 radical (unpaired) electrons. The molecule has 1 aromatic carbocycles. The Morgan fingerprint density at radius 1 is 1.32 bits per heavy atom. The van der Waals surface area contributed by atoms with E-state index in [0.29, 0.717) is 13.0 Å². The molecule has 5 nitrogen and oxygen atoms in total. The Hall–Kier alpha value is -1.69. The van der Waals surface area contributed by atoms with E-state index >= 15 is 0 Å². The van der Waals surface area contributed by atoms with Crippen LogP contribution in [0, 0.1) is 11.8 Å². The zero-order valence-corrected chi connectivity index (χ0v) is 13.7. The zero-order chi connectivity index (χ0) is 16.1. The first kappa shape index (κ1) is 16.7. The molecule has 0 bridgehead atoms. The summed E-state index contributed by atoms with van der Waals surface area (Å²) in [6.07, 6.45) is 2.68. The number of carboxylic acid groups (broad SMARTS) is 1. The van der Waals surface area contributed by atoms with E-state index in [2.05, 4.69) is 5.32 Å². The minimum atomic E-state index is -0.828. The second kappa shape index (κ2) is 7.54. The van der Waals surface area contributed by atoms with Gasteiger partial charge in [-0.25, -0.2) is 4.79 Å². The standard InChI is InChI=1S/C16H22N2O3S/c1-11-7-13(15(19)20)9-18(8-11)16(21)17-14-5-3-12(4-6-14)10-22-2/h3-6,11,13H,7-10H2,1-2H3,(H,17,21)(H,19,20). The normalized spacial score (nSPS) is 21.5. The van der Waals surface area contributed by atoms with Gasteiger partial charge in [-0.1, -0.05) is 19.1 Å². The molecule has 1 heterocycles. The van der Waals surface area contributed by atoms with Crippen molar-refractivity contribution in [2.75, 3.05) is 24.7 Å². The van der Waals surface area contributed by atoms with Crippen molar-refractivity contribution in [3.05, 3.63) is 29.8 Å². The lowest BCUT2D eigenvalue weighted by Crippen LogP contribution is -2.47. The molecule has 1 aliphatic heterocycles. The number of thioether (sulfide) groups is 1. The summed E-state index contributed by atoms with van der Waals surface area (Å²) >= 11 is 1.75. The molecule has 1 saturated heterocycles. The van der Waals surface area contributed by atoms with Crippen LogP contribution in [-0.2, 0) is 10.5 Å². The number of likely N-dealkylation sites (tertiary alicyclic amines) is 1. The molecule has 0 spiro atoms. The van der Waals surface area contributed by atoms with Crippen LogP contribution in [0.5, 0.6) is 0 Å². The van der Waals surface area contributed by atoms with Gasteiger partial charge in [-0.3, -0.25) is 4.79 Å². The Bertz CT molecular complexity index is 533. The number of nitrogens with zero attached hydrogens (tertiary/aromatic N) is 1. The largest absolute Gasteiger partial charge is 0.481 e. The summed E-state index contributed by atoms with van der Waals surface area (Å²) in [5.41, 5.74) is 1.95. The number of piperidine rings is 1. The van der Waals surface area contributed by atoms with Crippen molar-refractivity contribution in [2.24, 2.45) is 11.8 Å². The quantitative estimate of drug-likeness (QED) is 0.893. The number of carbonyl (C=O) groups is 2. The van der Waals surface area contributed by atoms with Crippen LogP contribution >= 0.6 is 11.8 Å². The van der Waals surface area contributed by atoms with E-state index in [1.165, 1.54) is 5.56 Å². The number of anilines is 1. The van der Waals surface area contributed by atoms with Gasteiger partial charge in [0.15, 0.2) is 0 Å². The van der Waals surface area contributed by atoms with Gasteiger partial charge >= 0.3 is 12.0 Å². The lowest BCUT2D eigenvalue weighted by atomic mass is 9.91. The Kier molecular flexibility index (Phi) is 5.71. The van der Waals surface area contributed by atoms with Crippen LogP contribution in [0.1, 0.15) is 18.9 Å². The van der Waals surface area contributed by atoms with Crippen molar-refractivity contribution in [2.45, 2.75) is 19.1 Å². The lowest BCUT2D eigenvalue weighted by Gasteiger charge is -2.34. The van der Waals surface area contributed by atoms with Gasteiger partial charge < -0.3 is 15.3 Å². The molecule has 22 heavy (non-hydrogen) atoms. The van der Waals surface area contributed by atoms with E-state index in [0.717, 1.165) is 11.4 Å². The highest BCUT2D eigenvalue weighted by Crippen LogP contribution is 2.23. The fraction of sp³-hybridized carbons (Fsp3) is 0.500. The number of rotatable bonds is 4. The molecule has 2 unspecified atom stereocenters. The first-order chi connectivity index (χ1) is 10.5. The average molecular weight is 322 g/mol. The predicted molar refractivity (Wildman–Crippen MR) is 89.2 cm³/mol. The Balaban J connectivity index is 1.97. The lowest BCUT2D eigenvalue weighted by molar-refractivity contribution is -0.143. The van der Waals surface area contributed by atoms with E-state index in [4.69, 9.17) is 5.11 Å². The molecular weight excluding hydrogens is 300 g/mol. The van der Waals surface area contributed by atoms with E-state index in [1.54, 1.807) is 16.7 Å². The molecule has 1 aromatic rings. The van der Waals surface area contributed by atoms with Crippen LogP contribution in [0.15, 0.2) is 24.3 Å². The number of urea groups is 1. The highest BCUT2D eigenvalue weighted by atomic mass is 32.2. The summed E-state index contributed by atoms with van der Waals surface area (Å²) in [5.74, 6) is -0.160. The van der Waals surface area contributed by atoms with Crippen molar-refractivity contribution >= 4 is 29.4 Å². The molecular formula is C16H22N2O3S. The van der Waals surface area contributed by atoms with Crippen LogP contribution in [0.4, 0.5) is 10.5 Å². The van der Waals surface area contributed by atoms with E-state index in [1.807, 2.05) is 37.4 Å². The van der Waals surface area contributed by atoms with Gasteiger partial charge in [0.05, 0.1) is 5.92 Å². The summed E-state index contributed by atoms with van der Waals surface area (Å²) in [5, 5.41) is 12.0. The zero-order valence-electron chi connectivity index (χ0n) is 12.9. The summed E-state index contributed by atoms with van der Waals surface area (Å²) in [7, 11) is 0. The first-order valence-corrected chi connectivity index (χ1v) is 8.75. The van der Waals surface area contributed by atoms with Crippen molar-refractivity contribution in [1.29, 1.82) is 0 Å². The monoisotopic (exact) mass is 322 g/mol. The van der Waals surface area contributed by atoms with Crippen LogP contribution in [0.3, 0.4) is 0 Å². The van der Waals surface area contributed by atoms with Crippen molar-refractivity contribution < 1.29 is 14.7 Å². The Morgan fingerprint density at radius 2 is 2.00 bits per heavy atom. The maximum Gasteiger partial charge on any atom is 0.321 e. The van der Waals surface area contributed by atoms with Crippen LogP contribution in [-0.4, -0.2) is 41.4 Å². The van der Waals surface area contributed by atoms with Crippen LogP contribution < -0.4 is 5.32 Å². The number of carbonyl (C=O) groups excluding carboxylic acids is 1. The molecule has 2 atom stereocenters. The van der Waals surface area contributed by atoms with E-state index < -0.39 is 11.9 Å². The van der Waals surface area contributed by atoms with Gasteiger partial charge in [-0.05, 0) is 36.3 Å². The number of hydrogen-bond acceptors (Lipinski definition) is 3. The summed E-state index contributed by atoms with van der Waals surface area (Å²) in [6, 6.07) is 7.52. The number of amides is 2. The molecule has 2 rings (SSSR count). The van der Waals surface area contributed by atoms with Gasteiger partial charge in [-0.2, -0.15) is 11.8 Å². The van der Waals surface area contributed by atoms with E-state index in [-0.39, 0.29) is 18.5 Å². The third kappa shape index (κ3) is 4.40. The Labute approximate surface area is 135 Å². The van der Waals surface area contributed by atoms with Gasteiger partial charge in [0.25, 0.3) is 0 Å². The molecule has 1 aliphatic rings. The maximum absolute atomic E-state index is 12.3. The molecule has 1 fully saturated rings. The topological polar surface area (TPSA) is 69.6 Å². The smallest absolute Gasteiger partial charge is 0.321 e. The molecule has 0 saturated carbocycles. The fourth-order valence-electron chi connectivity index (χ4n) is 2.75. The minimum Gasteiger partial charge on any atom is -0.481 e. The number of carboxylic acids is 1. The highest BCUT2D eigenvalue weighted by molar-refractivity contribution is 7.97. The fourth-order valence-corrected chi connectivity index (χ4v) is 3.28. The third-order valence-corrected chi connectivity index (χ3v) is 4.43. The van der Waals surface area contributed by atoms with Crippen molar-refractivity contribution in [3.8, 4) is 0 Å². The van der Waals surface area contributed by atoms with Crippen LogP contribution in [0.25, 0.3) is 0 Å². The maximum atomic E-state index is 12.3. The van der Waals surface area contributed by atoms with Gasteiger partial charge in [0, 0.05) is 24.5 Å². The summed E-state index contributed by atoms with van der Waals surface area (Å²) < 4.78 is 0. The second-order valence-electron chi connectivity index (χ2n) is 5.84. The van der Waals surface area contributed by atoms with Crippen LogP contribution in [0.2, 0.25) is 0 Å². The number of hydrogen-bond donors (Lipinski definition) is 2. The van der Waals surface area contributed by atoms with Crippen molar-refractivity contribution in [3.63, 3.8) is 0 Å². The van der Waals surface area contributed by atoms with E-state index in [9.17, 15) is 9.59 Å². The molecule has 0 aromatic heterocycles. The Morgan fingerprint density at radius 3 is 2.59 bits per heavy atom. The predicted octanol–water partition coefficient (Wildman–Crippen LogP) is 3.12. The summed E-state index contributed by atoms with van der Waals surface area (Å²) in [6.45, 7) is 2.85. The number of aliphatic carboxylic acids is 1. The minimum absolute atomic E-state index is 0.199. The molecule has 6 heteroatoms. The SMILES string of the molecule is CSCc1ccc(NC(=O)N2CC(C)CC(C(=O)O)C2)cc1. The summed E-state index contributed by atoms with van der Waals surface area (Å²) in [4.78, 5) is 25.1. The third-order valence-electron chi connectivity index (χ3n) is 3.81. The number of nitrogens with one attached hydrogen (secondary N) is 1. The second-order valence-corrected chi connectivity index (χ2v) is 6.71. The van der Waals surface area contributed by atoms with Gasteiger partial charge in [0.2, 0.25) is 0 Å². The number of benzene rings is 1. The first-order valence-electron chi connectivity index (χ1n) is 7.36. The van der Waals surface area contributed by atoms with Gasteiger partial charge in [0.1, 0.15) is 0 Å².